The van der Waals surface area contributed by atoms with Crippen LogP contribution in [0.1, 0.15) is 75.9 Å². The van der Waals surface area contributed by atoms with Gasteiger partial charge in [0.2, 0.25) is 5.91 Å². The third-order valence-electron chi connectivity index (χ3n) is 5.87. The molecule has 0 aromatic carbocycles. The summed E-state index contributed by atoms with van der Waals surface area (Å²) < 4.78 is 0. The molecule has 0 spiro atoms. The van der Waals surface area contributed by atoms with Crippen LogP contribution in [-0.2, 0) is 17.8 Å². The first-order chi connectivity index (χ1) is 12.6. The summed E-state index contributed by atoms with van der Waals surface area (Å²) in [5, 5.41) is 0. The minimum Gasteiger partial charge on any atom is -0.356 e. The second-order valence-corrected chi connectivity index (χ2v) is 7.82. The third-order valence-corrected chi connectivity index (χ3v) is 5.87. The van der Waals surface area contributed by atoms with Crippen LogP contribution in [-0.4, -0.2) is 40.4 Å². The first kappa shape index (κ1) is 19.1. The SMILES string of the molecule is CCCC[C@H](CC)C(=O)N1CCc2nc(C)nc(N3CCCCC3)c2C1. The van der Waals surface area contributed by atoms with Crippen molar-refractivity contribution < 1.29 is 4.79 Å². The van der Waals surface area contributed by atoms with Crippen molar-refractivity contribution in [2.75, 3.05) is 24.5 Å². The largest absolute Gasteiger partial charge is 0.356 e. The summed E-state index contributed by atoms with van der Waals surface area (Å²) in [6.45, 7) is 9.95. The molecule has 3 rings (SSSR count). The Morgan fingerprint density at radius 1 is 1.12 bits per heavy atom. The van der Waals surface area contributed by atoms with Crippen LogP contribution in [0.3, 0.4) is 0 Å². The smallest absolute Gasteiger partial charge is 0.225 e. The second kappa shape index (κ2) is 8.83. The number of unbranched alkanes of at least 4 members (excludes halogenated alkanes) is 1. The molecule has 3 heterocycles. The molecule has 1 aromatic rings. The van der Waals surface area contributed by atoms with Gasteiger partial charge in [-0.15, -0.1) is 0 Å². The lowest BCUT2D eigenvalue weighted by Gasteiger charge is -2.35. The highest BCUT2D eigenvalue weighted by Gasteiger charge is 2.30. The van der Waals surface area contributed by atoms with Gasteiger partial charge in [-0.2, -0.15) is 0 Å². The van der Waals surface area contributed by atoms with Gasteiger partial charge < -0.3 is 9.80 Å². The Balaban J connectivity index is 1.81. The number of hydrogen-bond acceptors (Lipinski definition) is 4. The molecule has 0 saturated carbocycles. The number of nitrogens with zero attached hydrogens (tertiary/aromatic N) is 4. The van der Waals surface area contributed by atoms with Gasteiger partial charge in [0.05, 0.1) is 12.2 Å². The van der Waals surface area contributed by atoms with Crippen LogP contribution in [0.4, 0.5) is 5.82 Å². The van der Waals surface area contributed by atoms with E-state index in [-0.39, 0.29) is 5.92 Å². The zero-order valence-corrected chi connectivity index (χ0v) is 16.8. The number of anilines is 1. The fourth-order valence-electron chi connectivity index (χ4n) is 4.28. The van der Waals surface area contributed by atoms with Crippen LogP contribution >= 0.6 is 0 Å². The standard InChI is InChI=1S/C21H34N4O/c1-4-6-10-17(5-2)21(26)25-14-11-19-18(15-25)20(23-16(3)22-19)24-12-8-7-9-13-24/h17H,4-15H2,1-3H3/t17-/m0/s1. The van der Waals surface area contributed by atoms with E-state index in [4.69, 9.17) is 9.97 Å². The van der Waals surface area contributed by atoms with Crippen molar-refractivity contribution in [3.05, 3.63) is 17.1 Å². The molecule has 0 radical (unpaired) electrons. The van der Waals surface area contributed by atoms with Gasteiger partial charge in [0.1, 0.15) is 11.6 Å². The van der Waals surface area contributed by atoms with E-state index in [0.717, 1.165) is 69.1 Å². The summed E-state index contributed by atoms with van der Waals surface area (Å²) in [6, 6.07) is 0. The van der Waals surface area contributed by atoms with Gasteiger partial charge in [0, 0.05) is 37.5 Å². The lowest BCUT2D eigenvalue weighted by atomic mass is 9.96. The lowest BCUT2D eigenvalue weighted by Crippen LogP contribution is -2.41. The molecule has 1 fully saturated rings. The number of aromatic nitrogens is 2. The van der Waals surface area contributed by atoms with Crippen molar-refractivity contribution in [3.8, 4) is 0 Å². The molecular formula is C21H34N4O. The number of aryl methyl sites for hydroxylation is 1. The van der Waals surface area contributed by atoms with E-state index >= 15 is 0 Å². The van der Waals surface area contributed by atoms with E-state index in [9.17, 15) is 4.79 Å². The van der Waals surface area contributed by atoms with Gasteiger partial charge in [0.25, 0.3) is 0 Å². The molecular weight excluding hydrogens is 324 g/mol. The molecule has 0 unspecified atom stereocenters. The number of fused-ring (bicyclic) bond motifs is 1. The van der Waals surface area contributed by atoms with Crippen LogP contribution in [0, 0.1) is 12.8 Å². The number of rotatable bonds is 6. The van der Waals surface area contributed by atoms with Crippen molar-refractivity contribution in [3.63, 3.8) is 0 Å². The average Bonchev–Trinajstić information content (AvgIpc) is 2.68. The number of amides is 1. The Kier molecular flexibility index (Phi) is 6.49. The van der Waals surface area contributed by atoms with Gasteiger partial charge >= 0.3 is 0 Å². The minimum atomic E-state index is 0.168. The zero-order valence-electron chi connectivity index (χ0n) is 16.8. The molecule has 2 aliphatic rings. The Morgan fingerprint density at radius 3 is 2.58 bits per heavy atom. The Bertz CT molecular complexity index is 625. The summed E-state index contributed by atoms with van der Waals surface area (Å²) in [7, 11) is 0. The predicted molar refractivity (Wildman–Crippen MR) is 105 cm³/mol. The Hall–Kier alpha value is -1.65. The van der Waals surface area contributed by atoms with Gasteiger partial charge in [-0.05, 0) is 39.0 Å². The van der Waals surface area contributed by atoms with Crippen LogP contribution in [0.15, 0.2) is 0 Å². The molecule has 0 N–H and O–H groups in total. The lowest BCUT2D eigenvalue weighted by molar-refractivity contribution is -0.136. The topological polar surface area (TPSA) is 49.3 Å². The molecule has 0 bridgehead atoms. The number of carbonyl (C=O) groups is 1. The van der Waals surface area contributed by atoms with Crippen molar-refractivity contribution in [2.45, 2.75) is 78.7 Å². The molecule has 0 aliphatic carbocycles. The van der Waals surface area contributed by atoms with E-state index in [2.05, 4.69) is 23.6 Å². The third kappa shape index (κ3) is 4.18. The van der Waals surface area contributed by atoms with E-state index < -0.39 is 0 Å². The fraction of sp³-hybridized carbons (Fsp3) is 0.762. The van der Waals surface area contributed by atoms with Crippen molar-refractivity contribution in [1.29, 1.82) is 0 Å². The highest BCUT2D eigenvalue weighted by atomic mass is 16.2. The first-order valence-electron chi connectivity index (χ1n) is 10.5. The molecule has 26 heavy (non-hydrogen) atoms. The van der Waals surface area contributed by atoms with Gasteiger partial charge in [-0.1, -0.05) is 26.7 Å². The zero-order chi connectivity index (χ0) is 18.5. The van der Waals surface area contributed by atoms with Crippen LogP contribution in [0.2, 0.25) is 0 Å². The van der Waals surface area contributed by atoms with E-state index in [1.165, 1.54) is 24.8 Å². The number of carbonyl (C=O) groups excluding carboxylic acids is 1. The van der Waals surface area contributed by atoms with Gasteiger partial charge in [-0.3, -0.25) is 4.79 Å². The summed E-state index contributed by atoms with van der Waals surface area (Å²) in [6.07, 6.45) is 8.86. The predicted octanol–water partition coefficient (Wildman–Crippen LogP) is 3.88. The van der Waals surface area contributed by atoms with Gasteiger partial charge in [-0.25, -0.2) is 9.97 Å². The molecule has 1 atom stereocenters. The van der Waals surface area contributed by atoms with Crippen molar-refractivity contribution in [1.82, 2.24) is 14.9 Å². The summed E-state index contributed by atoms with van der Waals surface area (Å²) in [4.78, 5) is 27.1. The molecule has 2 aliphatic heterocycles. The summed E-state index contributed by atoms with van der Waals surface area (Å²) in [5.41, 5.74) is 2.35. The normalized spacial score (nSPS) is 18.6. The monoisotopic (exact) mass is 358 g/mol. The molecule has 1 aromatic heterocycles. The molecule has 144 valence electrons. The van der Waals surface area contributed by atoms with Crippen LogP contribution in [0.25, 0.3) is 0 Å². The van der Waals surface area contributed by atoms with Crippen LogP contribution in [0.5, 0.6) is 0 Å². The summed E-state index contributed by atoms with van der Waals surface area (Å²) in [5.74, 6) is 2.45. The van der Waals surface area contributed by atoms with E-state index in [1.54, 1.807) is 0 Å². The molecule has 1 saturated heterocycles. The maximum atomic E-state index is 13.1. The molecule has 5 heteroatoms. The quantitative estimate of drug-likeness (QED) is 0.774. The average molecular weight is 359 g/mol. The van der Waals surface area contributed by atoms with E-state index in [0.29, 0.717) is 12.5 Å². The Labute approximate surface area is 158 Å². The van der Waals surface area contributed by atoms with Gasteiger partial charge in [0.15, 0.2) is 0 Å². The highest BCUT2D eigenvalue weighted by Crippen LogP contribution is 2.30. The first-order valence-corrected chi connectivity index (χ1v) is 10.5. The van der Waals surface area contributed by atoms with Crippen molar-refractivity contribution in [2.24, 2.45) is 5.92 Å². The summed E-state index contributed by atoms with van der Waals surface area (Å²) >= 11 is 0. The highest BCUT2D eigenvalue weighted by molar-refractivity contribution is 5.79. The molecule has 1 amide bonds. The number of hydrogen-bond donors (Lipinski definition) is 0. The van der Waals surface area contributed by atoms with Crippen LogP contribution < -0.4 is 4.90 Å². The van der Waals surface area contributed by atoms with E-state index in [1.807, 2.05) is 6.92 Å². The second-order valence-electron chi connectivity index (χ2n) is 7.82. The molecule has 5 nitrogen and oxygen atoms in total. The maximum Gasteiger partial charge on any atom is 0.225 e. The fourth-order valence-corrected chi connectivity index (χ4v) is 4.28. The Morgan fingerprint density at radius 2 is 1.88 bits per heavy atom. The minimum absolute atomic E-state index is 0.168. The van der Waals surface area contributed by atoms with Crippen molar-refractivity contribution >= 4 is 11.7 Å². The number of piperidine rings is 1. The maximum absolute atomic E-state index is 13.1.